The van der Waals surface area contributed by atoms with Crippen molar-refractivity contribution in [3.05, 3.63) is 48.1 Å². The van der Waals surface area contributed by atoms with Gasteiger partial charge in [-0.1, -0.05) is 30.4 Å². The third-order valence-corrected chi connectivity index (χ3v) is 2.41. The molecule has 0 aliphatic carbocycles. The summed E-state index contributed by atoms with van der Waals surface area (Å²) in [5.41, 5.74) is 2.37. The fraction of sp³-hybridized carbons (Fsp3) is 0.0909. The van der Waals surface area contributed by atoms with Crippen LogP contribution in [0.1, 0.15) is 11.4 Å². The fourth-order valence-corrected chi connectivity index (χ4v) is 1.74. The maximum absolute atomic E-state index is 4.08. The third-order valence-electron chi connectivity index (χ3n) is 2.41. The van der Waals surface area contributed by atoms with Gasteiger partial charge in [0.25, 0.3) is 0 Å². The van der Waals surface area contributed by atoms with E-state index in [1.807, 2.05) is 16.7 Å². The number of hydrogen-bond donors (Lipinski definition) is 0. The lowest BCUT2D eigenvalue weighted by Crippen LogP contribution is -1.98. The van der Waals surface area contributed by atoms with Crippen LogP contribution in [0.25, 0.3) is 11.8 Å². The zero-order valence-corrected chi connectivity index (χ0v) is 7.59. The number of benzene rings is 1. The molecule has 0 saturated heterocycles. The summed E-state index contributed by atoms with van der Waals surface area (Å²) in [5, 5.41) is 8.00. The van der Waals surface area contributed by atoms with Crippen molar-refractivity contribution in [3.63, 3.8) is 0 Å². The van der Waals surface area contributed by atoms with Crippen LogP contribution < -0.4 is 0 Å². The smallest absolute Gasteiger partial charge is 0.141 e. The maximum Gasteiger partial charge on any atom is 0.141 e. The van der Waals surface area contributed by atoms with E-state index in [0.717, 1.165) is 17.9 Å². The van der Waals surface area contributed by atoms with Crippen molar-refractivity contribution in [3.8, 4) is 5.69 Å². The minimum Gasteiger partial charge on any atom is -0.285 e. The molecule has 3 heteroatoms. The molecule has 0 saturated carbocycles. The zero-order valence-electron chi connectivity index (χ0n) is 7.59. The monoisotopic (exact) mass is 183 g/mol. The molecule has 0 spiro atoms. The molecule has 68 valence electrons. The lowest BCUT2D eigenvalue weighted by molar-refractivity contribution is 0.928. The van der Waals surface area contributed by atoms with E-state index in [0.29, 0.717) is 0 Å². The molecular formula is C11H9N3. The van der Waals surface area contributed by atoms with Crippen LogP contribution >= 0.6 is 0 Å². The summed E-state index contributed by atoms with van der Waals surface area (Å²) >= 11 is 0. The number of fused-ring (bicyclic) bond motifs is 3. The van der Waals surface area contributed by atoms with E-state index in [1.165, 1.54) is 5.56 Å². The quantitative estimate of drug-likeness (QED) is 0.624. The minimum absolute atomic E-state index is 0.842. The van der Waals surface area contributed by atoms with Crippen molar-refractivity contribution in [2.75, 3.05) is 0 Å². The van der Waals surface area contributed by atoms with E-state index < -0.39 is 0 Å². The average molecular weight is 183 g/mol. The van der Waals surface area contributed by atoms with E-state index >= 15 is 0 Å². The average Bonchev–Trinajstić information content (AvgIpc) is 2.61. The second-order valence-corrected chi connectivity index (χ2v) is 3.28. The minimum atomic E-state index is 0.842. The summed E-state index contributed by atoms with van der Waals surface area (Å²) in [6, 6.07) is 8.25. The van der Waals surface area contributed by atoms with Crippen LogP contribution in [0.3, 0.4) is 0 Å². The van der Waals surface area contributed by atoms with Gasteiger partial charge in [0.2, 0.25) is 0 Å². The van der Waals surface area contributed by atoms with Crippen molar-refractivity contribution in [1.82, 2.24) is 14.8 Å². The highest BCUT2D eigenvalue weighted by Crippen LogP contribution is 2.20. The van der Waals surface area contributed by atoms with Crippen LogP contribution in [0.15, 0.2) is 36.7 Å². The van der Waals surface area contributed by atoms with Crippen LogP contribution in [-0.2, 0) is 6.42 Å². The van der Waals surface area contributed by atoms with Gasteiger partial charge in [0.1, 0.15) is 12.2 Å². The van der Waals surface area contributed by atoms with Crippen LogP contribution in [-0.4, -0.2) is 14.8 Å². The van der Waals surface area contributed by atoms with E-state index in [-0.39, 0.29) is 0 Å². The Kier molecular flexibility index (Phi) is 1.50. The van der Waals surface area contributed by atoms with Gasteiger partial charge in [-0.25, -0.2) is 0 Å². The predicted molar refractivity (Wildman–Crippen MR) is 54.1 cm³/mol. The van der Waals surface area contributed by atoms with Crippen molar-refractivity contribution < 1.29 is 0 Å². The molecule has 3 nitrogen and oxygen atoms in total. The maximum atomic E-state index is 4.08. The van der Waals surface area contributed by atoms with Gasteiger partial charge in [0.15, 0.2) is 0 Å². The van der Waals surface area contributed by atoms with E-state index in [4.69, 9.17) is 0 Å². The van der Waals surface area contributed by atoms with Gasteiger partial charge < -0.3 is 0 Å². The topological polar surface area (TPSA) is 30.7 Å². The first-order valence-electron chi connectivity index (χ1n) is 4.60. The molecule has 1 aromatic carbocycles. The normalized spacial score (nSPS) is 13.1. The Hall–Kier alpha value is -1.90. The lowest BCUT2D eigenvalue weighted by Gasteiger charge is -2.05. The summed E-state index contributed by atoms with van der Waals surface area (Å²) in [6.07, 6.45) is 6.85. The van der Waals surface area contributed by atoms with Crippen LogP contribution in [0, 0.1) is 0 Å². The molecule has 0 fully saturated rings. The molecule has 0 N–H and O–H groups in total. The first-order valence-corrected chi connectivity index (χ1v) is 4.60. The van der Waals surface area contributed by atoms with Crippen LogP contribution in [0.2, 0.25) is 0 Å². The molecule has 1 aliphatic heterocycles. The Balaban J connectivity index is 2.34. The molecule has 0 radical (unpaired) electrons. The summed E-state index contributed by atoms with van der Waals surface area (Å²) in [4.78, 5) is 0. The fourth-order valence-electron chi connectivity index (χ4n) is 1.74. The number of para-hydroxylation sites is 1. The summed E-state index contributed by atoms with van der Waals surface area (Å²) < 4.78 is 2.04. The molecule has 14 heavy (non-hydrogen) atoms. The largest absolute Gasteiger partial charge is 0.285 e. The molecule has 0 unspecified atom stereocenters. The van der Waals surface area contributed by atoms with E-state index in [9.17, 15) is 0 Å². The molecule has 3 rings (SSSR count). The van der Waals surface area contributed by atoms with Gasteiger partial charge >= 0.3 is 0 Å². The Morgan fingerprint density at radius 3 is 3.14 bits per heavy atom. The van der Waals surface area contributed by atoms with E-state index in [1.54, 1.807) is 6.33 Å². The van der Waals surface area contributed by atoms with E-state index in [2.05, 4.69) is 34.5 Å². The second-order valence-electron chi connectivity index (χ2n) is 3.28. The van der Waals surface area contributed by atoms with Gasteiger partial charge in [0, 0.05) is 6.42 Å². The number of nitrogens with zero attached hydrogens (tertiary/aromatic N) is 3. The second kappa shape index (κ2) is 2.80. The zero-order chi connectivity index (χ0) is 9.38. The Morgan fingerprint density at radius 2 is 2.14 bits per heavy atom. The molecule has 0 bridgehead atoms. The predicted octanol–water partition coefficient (Wildman–Crippen LogP) is 1.84. The summed E-state index contributed by atoms with van der Waals surface area (Å²) in [7, 11) is 0. The van der Waals surface area contributed by atoms with Crippen LogP contribution in [0.4, 0.5) is 0 Å². The number of hydrogen-bond acceptors (Lipinski definition) is 2. The van der Waals surface area contributed by atoms with Gasteiger partial charge in [-0.2, -0.15) is 0 Å². The highest BCUT2D eigenvalue weighted by molar-refractivity contribution is 5.62. The molecule has 0 amide bonds. The molecule has 1 aromatic heterocycles. The summed E-state index contributed by atoms with van der Waals surface area (Å²) in [6.45, 7) is 0. The number of allylic oxidation sites excluding steroid dienone is 1. The highest BCUT2D eigenvalue weighted by atomic mass is 15.3. The first kappa shape index (κ1) is 7.50. The first-order chi connectivity index (χ1) is 6.95. The SMILES string of the molecule is C1=Cc2ccccc2-n2cnnc2C1. The van der Waals surface area contributed by atoms with Gasteiger partial charge in [0.05, 0.1) is 5.69 Å². The van der Waals surface area contributed by atoms with Crippen LogP contribution in [0.5, 0.6) is 0 Å². The Morgan fingerprint density at radius 1 is 1.21 bits per heavy atom. The molecular weight excluding hydrogens is 174 g/mol. The van der Waals surface area contributed by atoms with Gasteiger partial charge in [-0.05, 0) is 11.6 Å². The Bertz CT molecular complexity index is 497. The van der Waals surface area contributed by atoms with Gasteiger partial charge in [-0.3, -0.25) is 4.57 Å². The highest BCUT2D eigenvalue weighted by Gasteiger charge is 2.10. The van der Waals surface area contributed by atoms with Crippen molar-refractivity contribution in [1.29, 1.82) is 0 Å². The number of aromatic nitrogens is 3. The van der Waals surface area contributed by atoms with Crippen molar-refractivity contribution in [2.24, 2.45) is 0 Å². The molecule has 0 atom stereocenters. The number of rotatable bonds is 0. The van der Waals surface area contributed by atoms with Gasteiger partial charge in [-0.15, -0.1) is 10.2 Å². The lowest BCUT2D eigenvalue weighted by atomic mass is 10.1. The summed E-state index contributed by atoms with van der Waals surface area (Å²) in [5.74, 6) is 0.992. The third kappa shape index (κ3) is 0.988. The molecule has 1 aliphatic rings. The Labute approximate surface area is 81.7 Å². The molecule has 2 aromatic rings. The standard InChI is InChI=1S/C11H9N3/c1-2-6-10-9(4-1)5-3-7-11-13-12-8-14(10)11/h1-6,8H,7H2. The van der Waals surface area contributed by atoms with Crippen molar-refractivity contribution in [2.45, 2.75) is 6.42 Å². The van der Waals surface area contributed by atoms with Crippen molar-refractivity contribution >= 4 is 6.08 Å². The molecule has 2 heterocycles.